The van der Waals surface area contributed by atoms with Gasteiger partial charge in [-0.05, 0) is 30.5 Å². The molecule has 3 N–H and O–H groups in total. The summed E-state index contributed by atoms with van der Waals surface area (Å²) < 4.78 is 5.63. The van der Waals surface area contributed by atoms with Crippen LogP contribution in [0.2, 0.25) is 0 Å². The molecule has 0 unspecified atom stereocenters. The lowest BCUT2D eigenvalue weighted by atomic mass is 10.0. The van der Waals surface area contributed by atoms with E-state index < -0.39 is 0 Å². The zero-order valence-corrected chi connectivity index (χ0v) is 12.6. The number of nitrogens with two attached hydrogens (primary N) is 1. The van der Waals surface area contributed by atoms with Crippen LogP contribution in [-0.2, 0) is 0 Å². The number of aliphatic imine (C=N–C) groups is 1. The molecule has 0 aliphatic rings. The van der Waals surface area contributed by atoms with Crippen LogP contribution in [0.4, 0.5) is 0 Å². The molecule has 110 valence electrons. The smallest absolute Gasteiger partial charge is 0.189 e. The third-order valence-corrected chi connectivity index (χ3v) is 2.74. The molecule has 1 rings (SSSR count). The van der Waals surface area contributed by atoms with Gasteiger partial charge in [-0.1, -0.05) is 38.1 Å². The van der Waals surface area contributed by atoms with Gasteiger partial charge in [-0.3, -0.25) is 0 Å². The summed E-state index contributed by atoms with van der Waals surface area (Å²) in [5, 5.41) is 3.00. The van der Waals surface area contributed by atoms with E-state index in [1.807, 2.05) is 19.1 Å². The number of hydrogen-bond donors (Lipinski definition) is 2. The molecule has 20 heavy (non-hydrogen) atoms. The monoisotopic (exact) mass is 275 g/mol. The van der Waals surface area contributed by atoms with Gasteiger partial charge in [-0.25, -0.2) is 4.99 Å². The molecule has 0 aliphatic carbocycles. The number of ether oxygens (including phenoxy) is 1. The van der Waals surface area contributed by atoms with Crippen LogP contribution >= 0.6 is 0 Å². The van der Waals surface area contributed by atoms with E-state index in [-0.39, 0.29) is 0 Å². The molecular formula is C16H25N3O. The molecule has 0 saturated heterocycles. The van der Waals surface area contributed by atoms with Gasteiger partial charge in [0, 0.05) is 0 Å². The normalized spacial score (nSPS) is 11.5. The van der Waals surface area contributed by atoms with Crippen molar-refractivity contribution in [2.45, 2.75) is 26.7 Å². The lowest BCUT2D eigenvalue weighted by Crippen LogP contribution is -2.34. The first-order chi connectivity index (χ1) is 9.49. The van der Waals surface area contributed by atoms with E-state index in [0.717, 1.165) is 11.3 Å². The summed E-state index contributed by atoms with van der Waals surface area (Å²) in [5.74, 6) is 1.83. The second-order valence-electron chi connectivity index (χ2n) is 5.16. The summed E-state index contributed by atoms with van der Waals surface area (Å²) >= 11 is 0. The molecule has 1 aromatic rings. The highest BCUT2D eigenvalue weighted by Gasteiger charge is 1.99. The average molecular weight is 275 g/mol. The van der Waals surface area contributed by atoms with Crippen molar-refractivity contribution < 1.29 is 4.74 Å². The number of hydrogen-bond acceptors (Lipinski definition) is 2. The second-order valence-corrected chi connectivity index (χ2v) is 5.16. The van der Waals surface area contributed by atoms with Crippen LogP contribution in [0.15, 0.2) is 41.4 Å². The second kappa shape index (κ2) is 8.25. The first-order valence-electron chi connectivity index (χ1n) is 6.90. The third-order valence-electron chi connectivity index (χ3n) is 2.74. The lowest BCUT2D eigenvalue weighted by molar-refractivity contribution is 0.322. The summed E-state index contributed by atoms with van der Waals surface area (Å²) in [6, 6.07) is 8.17. The average Bonchev–Trinajstić information content (AvgIpc) is 2.42. The maximum atomic E-state index is 5.70. The molecule has 0 radical (unpaired) electrons. The number of benzene rings is 1. The highest BCUT2D eigenvalue weighted by Crippen LogP contribution is 2.18. The van der Waals surface area contributed by atoms with E-state index in [1.165, 1.54) is 5.56 Å². The van der Waals surface area contributed by atoms with Crippen LogP contribution in [0.5, 0.6) is 5.75 Å². The van der Waals surface area contributed by atoms with Gasteiger partial charge in [0.15, 0.2) is 5.96 Å². The van der Waals surface area contributed by atoms with Gasteiger partial charge >= 0.3 is 0 Å². The Kier molecular flexibility index (Phi) is 6.64. The third kappa shape index (κ3) is 6.27. The van der Waals surface area contributed by atoms with E-state index in [9.17, 15) is 0 Å². The van der Waals surface area contributed by atoms with Crippen molar-refractivity contribution in [3.05, 3.63) is 42.0 Å². The van der Waals surface area contributed by atoms with Gasteiger partial charge in [0.05, 0.1) is 13.1 Å². The first-order valence-corrected chi connectivity index (χ1v) is 6.90. The van der Waals surface area contributed by atoms with Gasteiger partial charge in [0.1, 0.15) is 12.4 Å². The molecule has 4 heteroatoms. The fourth-order valence-corrected chi connectivity index (χ4v) is 1.57. The standard InChI is InChI=1S/C16H25N3O/c1-12(2)11-19-16(17)18-9-10-20-15-7-5-14(6-8-15)13(3)4/h5-8,13H,1,9-11H2,2-4H3,(H3,17,18,19). The molecular weight excluding hydrogens is 250 g/mol. The quantitative estimate of drug-likeness (QED) is 0.348. The molecule has 0 aromatic heterocycles. The molecule has 0 saturated carbocycles. The van der Waals surface area contributed by atoms with Crippen LogP contribution in [-0.4, -0.2) is 25.7 Å². The number of nitrogens with one attached hydrogen (secondary N) is 1. The zero-order chi connectivity index (χ0) is 15.0. The van der Waals surface area contributed by atoms with Crippen molar-refractivity contribution in [3.8, 4) is 5.75 Å². The molecule has 0 bridgehead atoms. The molecule has 0 amide bonds. The van der Waals surface area contributed by atoms with E-state index in [2.05, 4.69) is 42.9 Å². The van der Waals surface area contributed by atoms with Crippen LogP contribution in [0.25, 0.3) is 0 Å². The van der Waals surface area contributed by atoms with Gasteiger partial charge < -0.3 is 15.8 Å². The highest BCUT2D eigenvalue weighted by molar-refractivity contribution is 5.77. The number of nitrogens with zero attached hydrogens (tertiary/aromatic N) is 1. The largest absolute Gasteiger partial charge is 0.492 e. The fraction of sp³-hybridized carbons (Fsp3) is 0.438. The van der Waals surface area contributed by atoms with E-state index >= 15 is 0 Å². The van der Waals surface area contributed by atoms with Crippen molar-refractivity contribution >= 4 is 5.96 Å². The summed E-state index contributed by atoms with van der Waals surface area (Å²) in [5.41, 5.74) is 7.99. The Balaban J connectivity index is 2.27. The summed E-state index contributed by atoms with van der Waals surface area (Å²) in [7, 11) is 0. The van der Waals surface area contributed by atoms with Crippen molar-refractivity contribution in [1.29, 1.82) is 0 Å². The molecule has 4 nitrogen and oxygen atoms in total. The Morgan fingerprint density at radius 1 is 1.35 bits per heavy atom. The zero-order valence-electron chi connectivity index (χ0n) is 12.6. The van der Waals surface area contributed by atoms with E-state index in [4.69, 9.17) is 10.5 Å². The lowest BCUT2D eigenvalue weighted by Gasteiger charge is -2.10. The van der Waals surface area contributed by atoms with Gasteiger partial charge in [0.25, 0.3) is 0 Å². The summed E-state index contributed by atoms with van der Waals surface area (Å²) in [6.45, 7) is 11.8. The van der Waals surface area contributed by atoms with E-state index in [1.54, 1.807) is 0 Å². The number of guanidine groups is 1. The van der Waals surface area contributed by atoms with Crippen LogP contribution < -0.4 is 15.8 Å². The summed E-state index contributed by atoms with van der Waals surface area (Å²) in [6.07, 6.45) is 0. The van der Waals surface area contributed by atoms with Crippen molar-refractivity contribution in [2.24, 2.45) is 10.7 Å². The van der Waals surface area contributed by atoms with Crippen LogP contribution in [0.3, 0.4) is 0 Å². The Labute approximate surface area is 121 Å². The molecule has 0 aliphatic heterocycles. The Bertz CT molecular complexity index is 449. The Morgan fingerprint density at radius 3 is 2.55 bits per heavy atom. The fourth-order valence-electron chi connectivity index (χ4n) is 1.57. The Morgan fingerprint density at radius 2 is 2.00 bits per heavy atom. The molecule has 0 fully saturated rings. The van der Waals surface area contributed by atoms with Gasteiger partial charge in [-0.15, -0.1) is 0 Å². The van der Waals surface area contributed by atoms with Crippen molar-refractivity contribution in [3.63, 3.8) is 0 Å². The topological polar surface area (TPSA) is 59.6 Å². The van der Waals surface area contributed by atoms with Crippen LogP contribution in [0, 0.1) is 0 Å². The maximum Gasteiger partial charge on any atom is 0.189 e. The molecule has 0 heterocycles. The van der Waals surface area contributed by atoms with Crippen molar-refractivity contribution in [1.82, 2.24) is 5.32 Å². The molecule has 0 atom stereocenters. The first kappa shape index (κ1) is 16.1. The van der Waals surface area contributed by atoms with Crippen molar-refractivity contribution in [2.75, 3.05) is 19.7 Å². The summed E-state index contributed by atoms with van der Waals surface area (Å²) in [4.78, 5) is 4.13. The van der Waals surface area contributed by atoms with Crippen LogP contribution in [0.1, 0.15) is 32.3 Å². The predicted molar refractivity (Wildman–Crippen MR) is 85.3 cm³/mol. The van der Waals surface area contributed by atoms with E-state index in [0.29, 0.717) is 31.6 Å². The minimum atomic E-state index is 0.423. The van der Waals surface area contributed by atoms with Gasteiger partial charge in [-0.2, -0.15) is 0 Å². The predicted octanol–water partition coefficient (Wildman–Crippen LogP) is 2.67. The Hall–Kier alpha value is -1.97. The molecule has 0 spiro atoms. The van der Waals surface area contributed by atoms with Gasteiger partial charge in [0.2, 0.25) is 0 Å². The number of rotatable bonds is 7. The minimum Gasteiger partial charge on any atom is -0.492 e. The highest BCUT2D eigenvalue weighted by atomic mass is 16.5. The molecule has 1 aromatic carbocycles. The SMILES string of the molecule is C=C(C)CN=C(N)NCCOc1ccc(C(C)C)cc1. The maximum absolute atomic E-state index is 5.70. The minimum absolute atomic E-state index is 0.423.